The topological polar surface area (TPSA) is 48.0 Å². The fraction of sp³-hybridized carbons (Fsp3) is 0.238. The molecule has 0 saturated carbocycles. The van der Waals surface area contributed by atoms with Crippen LogP contribution in [0.15, 0.2) is 53.4 Å². The Morgan fingerprint density at radius 1 is 1.00 bits per heavy atom. The van der Waals surface area contributed by atoms with E-state index in [-0.39, 0.29) is 5.91 Å². The molecule has 0 spiro atoms. The predicted molar refractivity (Wildman–Crippen MR) is 116 cm³/mol. The summed E-state index contributed by atoms with van der Waals surface area (Å²) in [5, 5.41) is 0. The summed E-state index contributed by atoms with van der Waals surface area (Å²) in [7, 11) is 1.61. The molecule has 1 heterocycles. The van der Waals surface area contributed by atoms with Gasteiger partial charge < -0.3 is 14.2 Å². The van der Waals surface area contributed by atoms with E-state index in [0.717, 1.165) is 5.56 Å². The smallest absolute Gasteiger partial charge is 0.266 e. The quantitative estimate of drug-likeness (QED) is 0.362. The summed E-state index contributed by atoms with van der Waals surface area (Å²) in [4.78, 5) is 14.6. The first kappa shape index (κ1) is 20.2. The minimum absolute atomic E-state index is 0.0631. The third-order valence-corrected chi connectivity index (χ3v) is 5.44. The van der Waals surface area contributed by atoms with Crippen molar-refractivity contribution in [1.82, 2.24) is 4.90 Å². The second kappa shape index (κ2) is 9.61. The second-order valence-electron chi connectivity index (χ2n) is 5.81. The van der Waals surface area contributed by atoms with E-state index in [9.17, 15) is 4.79 Å². The summed E-state index contributed by atoms with van der Waals surface area (Å²) in [6.45, 7) is 3.21. The number of rotatable bonds is 8. The van der Waals surface area contributed by atoms with E-state index in [1.807, 2.05) is 61.5 Å². The number of nitrogens with zero attached hydrogens (tertiary/aromatic N) is 1. The number of hydrogen-bond donors (Lipinski definition) is 0. The van der Waals surface area contributed by atoms with E-state index in [1.165, 1.54) is 11.8 Å². The average molecular weight is 416 g/mol. The van der Waals surface area contributed by atoms with E-state index >= 15 is 0 Å². The van der Waals surface area contributed by atoms with Crippen LogP contribution in [0.5, 0.6) is 17.2 Å². The van der Waals surface area contributed by atoms with Crippen LogP contribution in [0, 0.1) is 0 Å². The van der Waals surface area contributed by atoms with Crippen LogP contribution in [0.3, 0.4) is 0 Å². The number of thioether (sulfide) groups is 1. The van der Waals surface area contributed by atoms with Gasteiger partial charge in [0.15, 0.2) is 11.5 Å². The highest BCUT2D eigenvalue weighted by Crippen LogP contribution is 2.34. The van der Waals surface area contributed by atoms with Crippen LogP contribution in [0.2, 0.25) is 0 Å². The Morgan fingerprint density at radius 3 is 2.25 bits per heavy atom. The molecule has 146 valence electrons. The molecule has 3 rings (SSSR count). The molecule has 2 aromatic rings. The van der Waals surface area contributed by atoms with Gasteiger partial charge in [-0.25, -0.2) is 0 Å². The van der Waals surface area contributed by atoms with Crippen LogP contribution < -0.4 is 14.2 Å². The zero-order chi connectivity index (χ0) is 19.9. The third-order valence-electron chi connectivity index (χ3n) is 4.06. The summed E-state index contributed by atoms with van der Waals surface area (Å²) in [5.74, 6) is 1.98. The van der Waals surface area contributed by atoms with Gasteiger partial charge in [0, 0.05) is 12.1 Å². The summed E-state index contributed by atoms with van der Waals surface area (Å²) in [5.41, 5.74) is 0.830. The molecule has 0 radical (unpaired) electrons. The molecule has 2 aromatic carbocycles. The van der Waals surface area contributed by atoms with Crippen LogP contribution in [-0.2, 0) is 4.79 Å². The van der Waals surface area contributed by atoms with Gasteiger partial charge in [-0.2, -0.15) is 0 Å². The largest absolute Gasteiger partial charge is 0.493 e. The summed E-state index contributed by atoms with van der Waals surface area (Å²) >= 11 is 6.58. The highest BCUT2D eigenvalue weighted by molar-refractivity contribution is 8.26. The number of thiocarbonyl (C=S) groups is 1. The lowest BCUT2D eigenvalue weighted by molar-refractivity contribution is -0.121. The Hall–Kier alpha value is -2.51. The minimum Gasteiger partial charge on any atom is -0.493 e. The van der Waals surface area contributed by atoms with Crippen molar-refractivity contribution in [3.05, 3.63) is 59.0 Å². The number of carbonyl (C=O) groups is 1. The van der Waals surface area contributed by atoms with Gasteiger partial charge in [-0.15, -0.1) is 0 Å². The van der Waals surface area contributed by atoms with Gasteiger partial charge >= 0.3 is 0 Å². The maximum atomic E-state index is 12.4. The maximum Gasteiger partial charge on any atom is 0.266 e. The third kappa shape index (κ3) is 4.66. The van der Waals surface area contributed by atoms with Gasteiger partial charge in [0.05, 0.1) is 12.0 Å². The summed E-state index contributed by atoms with van der Waals surface area (Å²) in [6, 6.07) is 15.1. The number of ether oxygens (including phenoxy) is 3. The molecular weight excluding hydrogens is 394 g/mol. The molecule has 1 saturated heterocycles. The van der Waals surface area contributed by atoms with Crippen LogP contribution in [-0.4, -0.2) is 42.0 Å². The Bertz CT molecular complexity index is 897. The zero-order valence-corrected chi connectivity index (χ0v) is 17.3. The van der Waals surface area contributed by atoms with Gasteiger partial charge in [0.1, 0.15) is 23.3 Å². The molecule has 0 bridgehead atoms. The fourth-order valence-electron chi connectivity index (χ4n) is 2.69. The van der Waals surface area contributed by atoms with Crippen molar-refractivity contribution in [2.75, 3.05) is 26.9 Å². The zero-order valence-electron chi connectivity index (χ0n) is 15.7. The molecule has 5 nitrogen and oxygen atoms in total. The first-order chi connectivity index (χ1) is 13.6. The SMILES string of the molecule is CCN1C(=O)/C(=C/c2ccccc2OCCOc2ccccc2OC)SC1=S. The molecule has 0 atom stereocenters. The Kier molecular flexibility index (Phi) is 6.95. The molecule has 28 heavy (non-hydrogen) atoms. The van der Waals surface area contributed by atoms with Crippen molar-refractivity contribution in [3.63, 3.8) is 0 Å². The molecule has 0 unspecified atom stereocenters. The first-order valence-corrected chi connectivity index (χ1v) is 10.1. The van der Waals surface area contributed by atoms with Crippen LogP contribution in [0.25, 0.3) is 6.08 Å². The molecule has 7 heteroatoms. The molecule has 1 aliphatic rings. The monoisotopic (exact) mass is 415 g/mol. The second-order valence-corrected chi connectivity index (χ2v) is 7.49. The maximum absolute atomic E-state index is 12.4. The van der Waals surface area contributed by atoms with E-state index in [4.69, 9.17) is 26.4 Å². The number of methoxy groups -OCH3 is 1. The molecule has 0 aromatic heterocycles. The van der Waals surface area contributed by atoms with Gasteiger partial charge in [0.2, 0.25) is 0 Å². The van der Waals surface area contributed by atoms with Crippen molar-refractivity contribution in [3.8, 4) is 17.2 Å². The van der Waals surface area contributed by atoms with Crippen LogP contribution >= 0.6 is 24.0 Å². The normalized spacial score (nSPS) is 15.2. The highest BCUT2D eigenvalue weighted by atomic mass is 32.2. The van der Waals surface area contributed by atoms with Crippen molar-refractivity contribution in [2.24, 2.45) is 0 Å². The number of likely N-dealkylation sites (N-methyl/N-ethyl adjacent to an activating group) is 1. The first-order valence-electron chi connectivity index (χ1n) is 8.87. The molecule has 0 aliphatic carbocycles. The van der Waals surface area contributed by atoms with Gasteiger partial charge in [-0.3, -0.25) is 9.69 Å². The van der Waals surface area contributed by atoms with Crippen molar-refractivity contribution < 1.29 is 19.0 Å². The fourth-order valence-corrected chi connectivity index (χ4v) is 4.06. The van der Waals surface area contributed by atoms with Gasteiger partial charge in [-0.05, 0) is 31.2 Å². The van der Waals surface area contributed by atoms with Crippen LogP contribution in [0.1, 0.15) is 12.5 Å². The lowest BCUT2D eigenvalue weighted by Crippen LogP contribution is -2.27. The van der Waals surface area contributed by atoms with E-state index in [1.54, 1.807) is 12.0 Å². The standard InChI is InChI=1S/C21H21NO4S2/c1-3-22-20(23)19(28-21(22)27)14-15-8-4-5-9-16(15)25-12-13-26-18-11-7-6-10-17(18)24-2/h4-11,14H,3,12-13H2,1-2H3/b19-14-. The predicted octanol–water partition coefficient (Wildman–Crippen LogP) is 4.37. The van der Waals surface area contributed by atoms with Gasteiger partial charge in [0.25, 0.3) is 5.91 Å². The van der Waals surface area contributed by atoms with Gasteiger partial charge in [-0.1, -0.05) is 54.3 Å². The number of hydrogen-bond acceptors (Lipinski definition) is 6. The van der Waals surface area contributed by atoms with E-state index in [0.29, 0.717) is 46.2 Å². The van der Waals surface area contributed by atoms with Crippen LogP contribution in [0.4, 0.5) is 0 Å². The highest BCUT2D eigenvalue weighted by Gasteiger charge is 2.30. The molecule has 1 amide bonds. The number of carbonyl (C=O) groups excluding carboxylic acids is 1. The Labute approximate surface area is 174 Å². The lowest BCUT2D eigenvalue weighted by atomic mass is 10.2. The lowest BCUT2D eigenvalue weighted by Gasteiger charge is -2.12. The molecular formula is C21H21NO4S2. The number of benzene rings is 2. The molecule has 0 N–H and O–H groups in total. The molecule has 1 fully saturated rings. The van der Waals surface area contributed by atoms with E-state index < -0.39 is 0 Å². The Morgan fingerprint density at radius 2 is 1.61 bits per heavy atom. The summed E-state index contributed by atoms with van der Waals surface area (Å²) in [6.07, 6.45) is 1.82. The van der Waals surface area contributed by atoms with Crippen molar-refractivity contribution >= 4 is 40.3 Å². The molecule has 1 aliphatic heterocycles. The average Bonchev–Trinajstić information content (AvgIpc) is 2.99. The van der Waals surface area contributed by atoms with Crippen molar-refractivity contribution in [1.29, 1.82) is 0 Å². The minimum atomic E-state index is -0.0631. The van der Waals surface area contributed by atoms with Crippen molar-refractivity contribution in [2.45, 2.75) is 6.92 Å². The number of para-hydroxylation sites is 3. The Balaban J connectivity index is 1.64. The van der Waals surface area contributed by atoms with E-state index in [2.05, 4.69) is 0 Å². The summed E-state index contributed by atoms with van der Waals surface area (Å²) < 4.78 is 17.5. The number of amides is 1.